The molecule has 2 aromatic carbocycles. The largest absolute Gasteiger partial charge is 0.465 e. The van der Waals surface area contributed by atoms with Crippen LogP contribution in [0.4, 0.5) is 0 Å². The lowest BCUT2D eigenvalue weighted by Crippen LogP contribution is -2.33. The highest BCUT2D eigenvalue weighted by Crippen LogP contribution is 2.21. The van der Waals surface area contributed by atoms with E-state index in [2.05, 4.69) is 11.6 Å². The zero-order valence-electron chi connectivity index (χ0n) is 18.8. The molecular weight excluding hydrogens is 462 g/mol. The zero-order valence-corrected chi connectivity index (χ0v) is 20.4. The van der Waals surface area contributed by atoms with Crippen LogP contribution in [0.5, 0.6) is 0 Å². The molecule has 0 atom stereocenters. The molecule has 10 heteroatoms. The van der Waals surface area contributed by atoms with Gasteiger partial charge in [-0.1, -0.05) is 17.4 Å². The molecule has 8 nitrogen and oxygen atoms in total. The highest BCUT2D eigenvalue weighted by atomic mass is 32.2. The molecule has 0 fully saturated rings. The summed E-state index contributed by atoms with van der Waals surface area (Å²) in [7, 11) is -0.815. The molecule has 0 bridgehead atoms. The Bertz CT molecular complexity index is 1380. The Morgan fingerprint density at radius 3 is 2.39 bits per heavy atom. The van der Waals surface area contributed by atoms with E-state index in [4.69, 9.17) is 4.74 Å². The smallest absolute Gasteiger partial charge is 0.337 e. The summed E-state index contributed by atoms with van der Waals surface area (Å²) < 4.78 is 33.9. The van der Waals surface area contributed by atoms with Gasteiger partial charge in [0.1, 0.15) is 0 Å². The lowest BCUT2D eigenvalue weighted by Gasteiger charge is -2.20. The number of nitrogens with zero attached hydrogens (tertiary/aromatic N) is 3. The van der Waals surface area contributed by atoms with Crippen molar-refractivity contribution in [3.8, 4) is 0 Å². The van der Waals surface area contributed by atoms with Crippen LogP contribution < -0.4 is 4.80 Å². The number of amides is 1. The molecule has 0 aliphatic heterocycles. The van der Waals surface area contributed by atoms with Gasteiger partial charge in [0, 0.05) is 25.2 Å². The average molecular weight is 488 g/mol. The van der Waals surface area contributed by atoms with E-state index in [1.807, 2.05) is 4.57 Å². The minimum Gasteiger partial charge on any atom is -0.465 e. The van der Waals surface area contributed by atoms with Gasteiger partial charge in [0.25, 0.3) is 5.91 Å². The van der Waals surface area contributed by atoms with Gasteiger partial charge in [-0.05, 0) is 56.3 Å². The summed E-state index contributed by atoms with van der Waals surface area (Å²) in [5.74, 6) is -0.956. The van der Waals surface area contributed by atoms with E-state index >= 15 is 0 Å². The second-order valence-corrected chi connectivity index (χ2v) is 10.5. The first kappa shape index (κ1) is 24.6. The number of carbonyl (C=O) groups is 2. The van der Waals surface area contributed by atoms with Crippen LogP contribution >= 0.6 is 11.3 Å². The van der Waals surface area contributed by atoms with Crippen LogP contribution in [0.3, 0.4) is 0 Å². The molecular formula is C23H25N3O5S2. The van der Waals surface area contributed by atoms with Gasteiger partial charge in [-0.3, -0.25) is 4.79 Å². The molecule has 0 aliphatic rings. The van der Waals surface area contributed by atoms with E-state index in [9.17, 15) is 18.0 Å². The Labute approximate surface area is 196 Å². The first-order valence-corrected chi connectivity index (χ1v) is 12.4. The topological polar surface area (TPSA) is 98.0 Å². The van der Waals surface area contributed by atoms with Crippen molar-refractivity contribution in [2.24, 2.45) is 4.99 Å². The number of hydrogen-bond acceptors (Lipinski definition) is 6. The molecule has 0 radical (unpaired) electrons. The van der Waals surface area contributed by atoms with Crippen LogP contribution in [-0.4, -0.2) is 49.4 Å². The Morgan fingerprint density at radius 1 is 1.18 bits per heavy atom. The van der Waals surface area contributed by atoms with Gasteiger partial charge in [-0.15, -0.1) is 6.58 Å². The van der Waals surface area contributed by atoms with Gasteiger partial charge >= 0.3 is 5.97 Å². The third-order valence-corrected chi connectivity index (χ3v) is 8.21. The third kappa shape index (κ3) is 4.97. The predicted octanol–water partition coefficient (Wildman–Crippen LogP) is 3.45. The van der Waals surface area contributed by atoms with E-state index in [0.29, 0.717) is 16.9 Å². The molecule has 0 saturated heterocycles. The second kappa shape index (κ2) is 9.82. The molecule has 1 amide bonds. The van der Waals surface area contributed by atoms with Crippen molar-refractivity contribution in [2.45, 2.75) is 31.3 Å². The molecule has 0 spiro atoms. The normalized spacial score (nSPS) is 12.5. The van der Waals surface area contributed by atoms with Crippen LogP contribution in [0, 0.1) is 0 Å². The van der Waals surface area contributed by atoms with Gasteiger partial charge in [-0.25, -0.2) is 13.2 Å². The van der Waals surface area contributed by atoms with Crippen molar-refractivity contribution >= 4 is 43.5 Å². The molecule has 0 unspecified atom stereocenters. The summed E-state index contributed by atoms with van der Waals surface area (Å²) in [6, 6.07) is 10.6. The Kier molecular flexibility index (Phi) is 7.31. The second-order valence-electron chi connectivity index (χ2n) is 7.51. The number of hydrogen-bond donors (Lipinski definition) is 0. The van der Waals surface area contributed by atoms with Gasteiger partial charge in [0.15, 0.2) is 4.80 Å². The van der Waals surface area contributed by atoms with Crippen LogP contribution in [0.15, 0.2) is 65.0 Å². The monoisotopic (exact) mass is 487 g/mol. The van der Waals surface area contributed by atoms with E-state index in [1.165, 1.54) is 54.1 Å². The van der Waals surface area contributed by atoms with Gasteiger partial charge in [-0.2, -0.15) is 9.30 Å². The Morgan fingerprint density at radius 2 is 1.82 bits per heavy atom. The number of carbonyl (C=O) groups excluding carboxylic acids is 2. The first-order valence-electron chi connectivity index (χ1n) is 10.1. The fourth-order valence-electron chi connectivity index (χ4n) is 3.07. The van der Waals surface area contributed by atoms with Crippen molar-refractivity contribution in [2.75, 3.05) is 14.2 Å². The van der Waals surface area contributed by atoms with Crippen molar-refractivity contribution in [1.82, 2.24) is 8.87 Å². The van der Waals surface area contributed by atoms with Crippen LogP contribution in [-0.2, 0) is 21.3 Å². The van der Waals surface area contributed by atoms with Gasteiger partial charge in [0.05, 0.1) is 27.8 Å². The summed E-state index contributed by atoms with van der Waals surface area (Å²) in [6.45, 7) is 7.75. The highest BCUT2D eigenvalue weighted by molar-refractivity contribution is 7.89. The molecule has 3 aromatic rings. The van der Waals surface area contributed by atoms with Crippen LogP contribution in [0.1, 0.15) is 34.6 Å². The standard InChI is InChI=1S/C23H25N3O5S2/c1-6-13-26-19-12-9-17(22(28)31-5)14-20(19)32-23(26)24-21(27)16-7-10-18(11-8-16)33(29,30)25(4)15(2)3/h6-12,14-15H,1,13H2,2-5H3. The Balaban J connectivity index is 2.01. The molecule has 174 valence electrons. The minimum absolute atomic E-state index is 0.106. The van der Waals surface area contributed by atoms with Crippen molar-refractivity contribution < 1.29 is 22.7 Å². The summed E-state index contributed by atoms with van der Waals surface area (Å²) in [4.78, 5) is 29.5. The number of benzene rings is 2. The van der Waals surface area contributed by atoms with E-state index in [0.717, 1.165) is 10.2 Å². The van der Waals surface area contributed by atoms with E-state index in [1.54, 1.807) is 38.1 Å². The fraction of sp³-hybridized carbons (Fsp3) is 0.261. The number of methoxy groups -OCH3 is 1. The lowest BCUT2D eigenvalue weighted by molar-refractivity contribution is 0.0600. The summed E-state index contributed by atoms with van der Waals surface area (Å²) in [5.41, 5.74) is 1.47. The maximum absolute atomic E-state index is 12.8. The van der Waals surface area contributed by atoms with E-state index < -0.39 is 21.9 Å². The molecule has 33 heavy (non-hydrogen) atoms. The summed E-state index contributed by atoms with van der Waals surface area (Å²) in [6.07, 6.45) is 1.69. The Hall–Kier alpha value is -3.08. The summed E-state index contributed by atoms with van der Waals surface area (Å²) in [5, 5.41) is 0. The third-order valence-electron chi connectivity index (χ3n) is 5.12. The number of ether oxygens (including phenoxy) is 1. The first-order chi connectivity index (χ1) is 15.6. The number of aromatic nitrogens is 1. The van der Waals surface area contributed by atoms with E-state index in [-0.39, 0.29) is 16.5 Å². The number of sulfonamides is 1. The molecule has 0 saturated carbocycles. The molecule has 1 heterocycles. The van der Waals surface area contributed by atoms with Gasteiger partial charge < -0.3 is 9.30 Å². The number of fused-ring (bicyclic) bond motifs is 1. The average Bonchev–Trinajstić information content (AvgIpc) is 3.14. The van der Waals surface area contributed by atoms with Crippen molar-refractivity contribution in [1.29, 1.82) is 0 Å². The highest BCUT2D eigenvalue weighted by Gasteiger charge is 2.23. The predicted molar refractivity (Wildman–Crippen MR) is 128 cm³/mol. The SMILES string of the molecule is C=CCn1c(=NC(=O)c2ccc(S(=O)(=O)N(C)C(C)C)cc2)sc2cc(C(=O)OC)ccc21. The maximum atomic E-state index is 12.8. The zero-order chi connectivity index (χ0) is 24.3. The number of allylic oxidation sites excluding steroid dienone is 1. The molecule has 3 rings (SSSR count). The maximum Gasteiger partial charge on any atom is 0.337 e. The lowest BCUT2D eigenvalue weighted by atomic mass is 10.2. The number of rotatable bonds is 7. The van der Waals surface area contributed by atoms with Crippen molar-refractivity contribution in [3.63, 3.8) is 0 Å². The van der Waals surface area contributed by atoms with Crippen LogP contribution in [0.25, 0.3) is 10.2 Å². The fourth-order valence-corrected chi connectivity index (χ4v) is 5.52. The number of esters is 1. The van der Waals surface area contributed by atoms with Gasteiger partial charge in [0.2, 0.25) is 10.0 Å². The summed E-state index contributed by atoms with van der Waals surface area (Å²) >= 11 is 1.26. The number of thiazole rings is 1. The molecule has 0 N–H and O–H groups in total. The van der Waals surface area contributed by atoms with Crippen molar-refractivity contribution in [3.05, 3.63) is 71.0 Å². The molecule has 1 aromatic heterocycles. The van der Waals surface area contributed by atoms with Crippen LogP contribution in [0.2, 0.25) is 0 Å². The minimum atomic E-state index is -3.64. The molecule has 0 aliphatic carbocycles. The quantitative estimate of drug-likeness (QED) is 0.376.